The van der Waals surface area contributed by atoms with Crippen LogP contribution in [0.5, 0.6) is 5.88 Å². The Morgan fingerprint density at radius 3 is 2.52 bits per heavy atom. The Bertz CT molecular complexity index is 813. The van der Waals surface area contributed by atoms with Crippen LogP contribution in [0.3, 0.4) is 0 Å². The summed E-state index contributed by atoms with van der Waals surface area (Å²) in [5.41, 5.74) is 0.682. The van der Waals surface area contributed by atoms with Crippen molar-refractivity contribution >= 4 is 33.4 Å². The lowest BCUT2D eigenvalue weighted by atomic mass is 10.2. The third-order valence-corrected chi connectivity index (χ3v) is 3.93. The zero-order valence-electron chi connectivity index (χ0n) is 14.1. The molecule has 0 aliphatic heterocycles. The molecule has 1 aromatic heterocycles. The summed E-state index contributed by atoms with van der Waals surface area (Å²) < 4.78 is 41.5. The van der Waals surface area contributed by atoms with Crippen LogP contribution >= 0.6 is 15.9 Å². The summed E-state index contributed by atoms with van der Waals surface area (Å²) in [7, 11) is 1.43. The van der Waals surface area contributed by atoms with E-state index in [0.29, 0.717) is 10.2 Å². The van der Waals surface area contributed by atoms with Crippen LogP contribution in [0.1, 0.15) is 10.4 Å². The van der Waals surface area contributed by atoms with E-state index in [-0.39, 0.29) is 18.0 Å². The number of hydrogen-bond donors (Lipinski definition) is 1. The Morgan fingerprint density at radius 2 is 1.93 bits per heavy atom. The van der Waals surface area contributed by atoms with Crippen molar-refractivity contribution < 1.29 is 27.5 Å². The van der Waals surface area contributed by atoms with E-state index in [9.17, 15) is 22.8 Å². The third-order valence-electron chi connectivity index (χ3n) is 3.24. The first kappa shape index (κ1) is 20.7. The number of halogens is 4. The molecule has 2 aromatic rings. The van der Waals surface area contributed by atoms with E-state index in [1.54, 1.807) is 24.3 Å². The predicted octanol–water partition coefficient (Wildman–Crippen LogP) is 3.50. The number of benzene rings is 1. The Morgan fingerprint density at radius 1 is 1.22 bits per heavy atom. The van der Waals surface area contributed by atoms with Gasteiger partial charge < -0.3 is 15.0 Å². The largest absolute Gasteiger partial charge is 0.468 e. The van der Waals surface area contributed by atoms with Crippen molar-refractivity contribution in [1.82, 2.24) is 9.88 Å². The molecule has 0 aliphatic carbocycles. The standard InChI is InChI=1S/C17H15BrF3N3O3/c1-24(9-14(25)23-13-5-3-2-4-12(13)18)16(26)11-6-7-15(22-8-11)27-10-17(19,20)21/h2-8H,9-10H2,1H3,(H,23,25). The monoisotopic (exact) mass is 445 g/mol. The number of aromatic nitrogens is 1. The maximum atomic E-state index is 12.3. The predicted molar refractivity (Wildman–Crippen MR) is 95.5 cm³/mol. The van der Waals surface area contributed by atoms with E-state index in [0.717, 1.165) is 12.3 Å². The topological polar surface area (TPSA) is 71.5 Å². The number of carbonyl (C=O) groups excluding carboxylic acids is 2. The second kappa shape index (κ2) is 8.85. The van der Waals surface area contributed by atoms with Gasteiger partial charge in [0.15, 0.2) is 6.61 Å². The summed E-state index contributed by atoms with van der Waals surface area (Å²) in [6, 6.07) is 9.46. The van der Waals surface area contributed by atoms with Crippen molar-refractivity contribution in [2.45, 2.75) is 6.18 Å². The first-order valence-corrected chi connectivity index (χ1v) is 8.40. The summed E-state index contributed by atoms with van der Waals surface area (Å²) in [4.78, 5) is 29.2. The van der Waals surface area contributed by atoms with E-state index in [4.69, 9.17) is 0 Å². The van der Waals surface area contributed by atoms with Crippen molar-refractivity contribution in [1.29, 1.82) is 0 Å². The van der Waals surface area contributed by atoms with Crippen molar-refractivity contribution in [2.75, 3.05) is 25.5 Å². The van der Waals surface area contributed by atoms with E-state index in [1.807, 2.05) is 0 Å². The Kier molecular flexibility index (Phi) is 6.78. The van der Waals surface area contributed by atoms with Gasteiger partial charge in [-0.25, -0.2) is 4.98 Å². The number of hydrogen-bond acceptors (Lipinski definition) is 4. The first-order chi connectivity index (χ1) is 12.7. The number of ether oxygens (including phenoxy) is 1. The molecule has 0 saturated heterocycles. The van der Waals surface area contributed by atoms with E-state index in [1.165, 1.54) is 18.0 Å². The van der Waals surface area contributed by atoms with Crippen LogP contribution in [-0.4, -0.2) is 48.1 Å². The number of nitrogens with one attached hydrogen (secondary N) is 1. The van der Waals surface area contributed by atoms with E-state index < -0.39 is 24.6 Å². The molecule has 27 heavy (non-hydrogen) atoms. The number of carbonyl (C=O) groups is 2. The van der Waals surface area contributed by atoms with Gasteiger partial charge >= 0.3 is 6.18 Å². The average molecular weight is 446 g/mol. The highest BCUT2D eigenvalue weighted by atomic mass is 79.9. The molecule has 10 heteroatoms. The average Bonchev–Trinajstić information content (AvgIpc) is 2.61. The Balaban J connectivity index is 1.92. The molecule has 6 nitrogen and oxygen atoms in total. The molecule has 1 N–H and O–H groups in total. The minimum absolute atomic E-state index is 0.116. The molecule has 0 unspecified atom stereocenters. The zero-order valence-corrected chi connectivity index (χ0v) is 15.7. The number of nitrogens with zero attached hydrogens (tertiary/aromatic N) is 2. The fraction of sp³-hybridized carbons (Fsp3) is 0.235. The molecule has 2 rings (SSSR count). The summed E-state index contributed by atoms with van der Waals surface area (Å²) >= 11 is 3.30. The molecule has 2 amide bonds. The molecule has 0 spiro atoms. The van der Waals surface area contributed by atoms with Gasteiger partial charge in [0.1, 0.15) is 0 Å². The van der Waals surface area contributed by atoms with Gasteiger partial charge in [-0.05, 0) is 34.1 Å². The number of amides is 2. The second-order valence-corrected chi connectivity index (χ2v) is 6.33. The van der Waals surface area contributed by atoms with Gasteiger partial charge in [-0.1, -0.05) is 12.1 Å². The van der Waals surface area contributed by atoms with Crippen molar-refractivity contribution in [3.05, 3.63) is 52.6 Å². The molecule has 0 saturated carbocycles. The van der Waals surface area contributed by atoms with Crippen molar-refractivity contribution in [3.63, 3.8) is 0 Å². The minimum atomic E-state index is -4.47. The molecule has 0 bridgehead atoms. The zero-order chi connectivity index (χ0) is 20.0. The summed E-state index contributed by atoms with van der Waals surface area (Å²) in [6.07, 6.45) is -3.38. The number of para-hydroxylation sites is 1. The SMILES string of the molecule is CN(CC(=O)Nc1ccccc1Br)C(=O)c1ccc(OCC(F)(F)F)nc1. The maximum absolute atomic E-state index is 12.3. The minimum Gasteiger partial charge on any atom is -0.468 e. The van der Waals surface area contributed by atoms with E-state index >= 15 is 0 Å². The number of likely N-dealkylation sites (N-methyl/N-ethyl adjacent to an activating group) is 1. The summed E-state index contributed by atoms with van der Waals surface area (Å²) in [5.74, 6) is -1.17. The number of rotatable bonds is 6. The van der Waals surface area contributed by atoms with Crippen molar-refractivity contribution in [2.24, 2.45) is 0 Å². The normalized spacial score (nSPS) is 11.0. The lowest BCUT2D eigenvalue weighted by molar-refractivity contribution is -0.154. The van der Waals surface area contributed by atoms with Gasteiger partial charge in [0, 0.05) is 23.8 Å². The second-order valence-electron chi connectivity index (χ2n) is 5.48. The Labute approximate surface area is 161 Å². The van der Waals surface area contributed by atoms with Crippen LogP contribution in [0.25, 0.3) is 0 Å². The van der Waals surface area contributed by atoms with Gasteiger partial charge in [-0.2, -0.15) is 13.2 Å². The fourth-order valence-corrected chi connectivity index (χ4v) is 2.39. The quantitative estimate of drug-likeness (QED) is 0.738. The highest BCUT2D eigenvalue weighted by molar-refractivity contribution is 9.10. The molecular formula is C17H15BrF3N3O3. The fourth-order valence-electron chi connectivity index (χ4n) is 2.01. The summed E-state index contributed by atoms with van der Waals surface area (Å²) in [6.45, 7) is -1.69. The highest BCUT2D eigenvalue weighted by Crippen LogP contribution is 2.21. The van der Waals surface area contributed by atoms with Gasteiger partial charge in [-0.3, -0.25) is 9.59 Å². The number of pyridine rings is 1. The third kappa shape index (κ3) is 6.55. The van der Waals surface area contributed by atoms with Crippen LogP contribution in [0.4, 0.5) is 18.9 Å². The molecule has 1 heterocycles. The molecule has 0 aliphatic rings. The van der Waals surface area contributed by atoms with Crippen LogP contribution in [0.2, 0.25) is 0 Å². The lowest BCUT2D eigenvalue weighted by Gasteiger charge is -2.17. The molecule has 1 aromatic carbocycles. The van der Waals surface area contributed by atoms with E-state index in [2.05, 4.69) is 31.0 Å². The van der Waals surface area contributed by atoms with Crippen molar-refractivity contribution in [3.8, 4) is 5.88 Å². The molecule has 0 atom stereocenters. The van der Waals surface area contributed by atoms with Crippen LogP contribution in [0.15, 0.2) is 47.1 Å². The van der Waals surface area contributed by atoms with Gasteiger partial charge in [0.25, 0.3) is 5.91 Å². The maximum Gasteiger partial charge on any atom is 0.422 e. The molecular weight excluding hydrogens is 431 g/mol. The molecule has 0 radical (unpaired) electrons. The molecule has 0 fully saturated rings. The highest BCUT2D eigenvalue weighted by Gasteiger charge is 2.28. The Hall–Kier alpha value is -2.62. The number of anilines is 1. The first-order valence-electron chi connectivity index (χ1n) is 7.61. The van der Waals surface area contributed by atoms with Crippen LogP contribution in [-0.2, 0) is 4.79 Å². The smallest absolute Gasteiger partial charge is 0.422 e. The van der Waals surface area contributed by atoms with Gasteiger partial charge in [0.05, 0.1) is 17.8 Å². The number of alkyl halides is 3. The van der Waals surface area contributed by atoms with Gasteiger partial charge in [0.2, 0.25) is 11.8 Å². The van der Waals surface area contributed by atoms with Gasteiger partial charge in [-0.15, -0.1) is 0 Å². The summed E-state index contributed by atoms with van der Waals surface area (Å²) in [5, 5.41) is 2.67. The molecule has 144 valence electrons. The van der Waals surface area contributed by atoms with Crippen LogP contribution < -0.4 is 10.1 Å². The lowest BCUT2D eigenvalue weighted by Crippen LogP contribution is -2.35. The van der Waals surface area contributed by atoms with Crippen LogP contribution in [0, 0.1) is 0 Å².